The van der Waals surface area contributed by atoms with Gasteiger partial charge in [0.2, 0.25) is 11.5 Å². The fourth-order valence-electron chi connectivity index (χ4n) is 3.38. The van der Waals surface area contributed by atoms with Gasteiger partial charge >= 0.3 is 12.1 Å². The molecule has 0 saturated carbocycles. The Morgan fingerprint density at radius 1 is 0.469 bits per heavy atom. The van der Waals surface area contributed by atoms with Gasteiger partial charge in [-0.05, 0) is 0 Å². The monoisotopic (exact) mass is 494 g/mol. The Morgan fingerprint density at radius 2 is 0.750 bits per heavy atom. The molecule has 3 rings (SSSR count). The van der Waals surface area contributed by atoms with Gasteiger partial charge in [-0.25, -0.2) is 43.9 Å². The number of halogens is 15. The average molecular weight is 494 g/mol. The van der Waals surface area contributed by atoms with Crippen molar-refractivity contribution in [2.45, 2.75) is 23.4 Å². The van der Waals surface area contributed by atoms with Crippen LogP contribution in [-0.4, -0.2) is 17.2 Å². The van der Waals surface area contributed by atoms with E-state index in [1.165, 1.54) is 0 Å². The molecule has 0 heterocycles. The molecule has 0 fully saturated rings. The second-order valence-electron chi connectivity index (χ2n) is 6.39. The van der Waals surface area contributed by atoms with Gasteiger partial charge in [-0.2, -0.15) is 22.0 Å². The fraction of sp³-hybridized carbons (Fsp3) is 0.250. The van der Waals surface area contributed by atoms with Crippen molar-refractivity contribution < 1.29 is 71.0 Å². The van der Waals surface area contributed by atoms with Crippen molar-refractivity contribution in [1.82, 2.24) is 0 Å². The van der Waals surface area contributed by atoms with Crippen LogP contribution in [0.1, 0.15) is 16.7 Å². The Balaban J connectivity index is 2.64. The number of hydrogen-bond acceptors (Lipinski definition) is 1. The van der Waals surface area contributed by atoms with Crippen molar-refractivity contribution in [2.75, 3.05) is 0 Å². The van der Waals surface area contributed by atoms with Crippen molar-refractivity contribution in [3.63, 3.8) is 0 Å². The van der Waals surface area contributed by atoms with E-state index in [1.54, 1.807) is 0 Å². The smallest absolute Gasteiger partial charge is 0.376 e. The third-order valence-electron chi connectivity index (χ3n) is 4.83. The minimum absolute atomic E-state index is 2.79. The first kappa shape index (κ1) is 24.0. The number of aliphatic hydroxyl groups is 1. The Hall–Kier alpha value is -2.65. The maximum Gasteiger partial charge on any atom is 0.457 e. The van der Waals surface area contributed by atoms with E-state index in [0.717, 1.165) is 0 Å². The molecule has 0 bridgehead atoms. The predicted octanol–water partition coefficient (Wildman–Crippen LogP) is 5.55. The quantitative estimate of drug-likeness (QED) is 0.330. The lowest BCUT2D eigenvalue weighted by Gasteiger charge is -2.54. The molecule has 2 unspecified atom stereocenters. The van der Waals surface area contributed by atoms with Crippen molar-refractivity contribution in [2.24, 2.45) is 0 Å². The molecule has 2 aromatic rings. The minimum atomic E-state index is -7.22. The Morgan fingerprint density at radius 3 is 1.09 bits per heavy atom. The van der Waals surface area contributed by atoms with E-state index >= 15 is 4.39 Å². The number of fused-ring (bicyclic) bond motifs is 1. The standard InChI is InChI=1S/C16HF15O/c17-4-1-2(5(18)9(22)8(4)21)14(26,15(27,28)16(29,30)31)13(1,32)3-6(19)10(23)12(25)11(24)7(3)20/h32H. The van der Waals surface area contributed by atoms with Crippen LogP contribution in [0.25, 0.3) is 0 Å². The average Bonchev–Trinajstić information content (AvgIpc) is 2.69. The molecule has 16 heteroatoms. The SMILES string of the molecule is OC1(c2c(F)c(F)c(F)c(F)c2F)c2c(F)c(F)c(F)c(F)c2C1(F)C(F)(F)C(F)(F)F. The molecule has 0 amide bonds. The first-order chi connectivity index (χ1) is 14.3. The summed E-state index contributed by atoms with van der Waals surface area (Å²) in [6, 6.07) is 0. The zero-order valence-corrected chi connectivity index (χ0v) is 14.1. The number of rotatable bonds is 2. The predicted molar refractivity (Wildman–Crippen MR) is 69.3 cm³/mol. The molecular formula is C16HF15O. The summed E-state index contributed by atoms with van der Waals surface area (Å²) in [5.74, 6) is -36.1. The lowest BCUT2D eigenvalue weighted by atomic mass is 9.55. The van der Waals surface area contributed by atoms with E-state index < -0.39 is 92.4 Å². The molecule has 0 radical (unpaired) electrons. The summed E-state index contributed by atoms with van der Waals surface area (Å²) in [7, 11) is 0. The minimum Gasteiger partial charge on any atom is -0.376 e. The topological polar surface area (TPSA) is 20.2 Å². The summed E-state index contributed by atoms with van der Waals surface area (Å²) in [6.45, 7) is 0. The number of alkyl halides is 6. The highest BCUT2D eigenvalue weighted by molar-refractivity contribution is 5.61. The van der Waals surface area contributed by atoms with Gasteiger partial charge in [-0.15, -0.1) is 0 Å². The van der Waals surface area contributed by atoms with Crippen LogP contribution in [0.4, 0.5) is 65.9 Å². The van der Waals surface area contributed by atoms with Crippen LogP contribution in [0, 0.1) is 52.4 Å². The van der Waals surface area contributed by atoms with Crippen molar-refractivity contribution >= 4 is 0 Å². The summed E-state index contributed by atoms with van der Waals surface area (Å²) in [4.78, 5) is 0. The molecule has 2 aromatic carbocycles. The molecule has 32 heavy (non-hydrogen) atoms. The van der Waals surface area contributed by atoms with Crippen molar-refractivity contribution in [3.05, 3.63) is 69.0 Å². The van der Waals surface area contributed by atoms with E-state index in [9.17, 15) is 66.6 Å². The van der Waals surface area contributed by atoms with Gasteiger partial charge in [0.15, 0.2) is 52.1 Å². The fourth-order valence-corrected chi connectivity index (χ4v) is 3.38. The van der Waals surface area contributed by atoms with Crippen LogP contribution in [0.2, 0.25) is 0 Å². The Labute approximate surface area is 164 Å². The molecule has 176 valence electrons. The highest BCUT2D eigenvalue weighted by Crippen LogP contribution is 2.70. The second-order valence-corrected chi connectivity index (χ2v) is 6.39. The van der Waals surface area contributed by atoms with Crippen LogP contribution in [-0.2, 0) is 11.3 Å². The van der Waals surface area contributed by atoms with E-state index in [2.05, 4.69) is 0 Å². The van der Waals surface area contributed by atoms with Gasteiger partial charge in [-0.1, -0.05) is 0 Å². The summed E-state index contributed by atoms with van der Waals surface area (Å²) in [5.41, 5.74) is -21.1. The van der Waals surface area contributed by atoms with Gasteiger partial charge < -0.3 is 5.11 Å². The van der Waals surface area contributed by atoms with Crippen LogP contribution < -0.4 is 0 Å². The van der Waals surface area contributed by atoms with E-state index in [-0.39, 0.29) is 0 Å². The third kappa shape index (κ3) is 2.33. The Kier molecular flexibility index (Phi) is 4.84. The first-order valence-corrected chi connectivity index (χ1v) is 7.56. The van der Waals surface area contributed by atoms with Crippen molar-refractivity contribution in [3.8, 4) is 0 Å². The molecule has 1 N–H and O–H groups in total. The van der Waals surface area contributed by atoms with Crippen LogP contribution in [0.3, 0.4) is 0 Å². The van der Waals surface area contributed by atoms with E-state index in [0.29, 0.717) is 0 Å². The van der Waals surface area contributed by atoms with Crippen molar-refractivity contribution in [1.29, 1.82) is 0 Å². The molecular weight excluding hydrogens is 493 g/mol. The summed E-state index contributed by atoms with van der Waals surface area (Å²) in [6.07, 6.45) is -7.22. The first-order valence-electron chi connectivity index (χ1n) is 7.56. The normalized spacial score (nSPS) is 23.2. The van der Waals surface area contributed by atoms with E-state index in [4.69, 9.17) is 0 Å². The second kappa shape index (κ2) is 6.45. The lowest BCUT2D eigenvalue weighted by molar-refractivity contribution is -0.368. The summed E-state index contributed by atoms with van der Waals surface area (Å²) in [5, 5.41) is 10.2. The van der Waals surface area contributed by atoms with Gasteiger partial charge in [0.1, 0.15) is 0 Å². The number of benzene rings is 2. The zero-order valence-electron chi connectivity index (χ0n) is 14.1. The Bertz CT molecular complexity index is 1140. The van der Waals surface area contributed by atoms with E-state index in [1.807, 2.05) is 0 Å². The molecule has 0 spiro atoms. The molecule has 1 nitrogen and oxygen atoms in total. The molecule has 0 saturated heterocycles. The van der Waals surface area contributed by atoms with Gasteiger partial charge in [0.05, 0.1) is 5.56 Å². The molecule has 1 aliphatic carbocycles. The maximum atomic E-state index is 15.3. The van der Waals surface area contributed by atoms with Gasteiger partial charge in [0.25, 0.3) is 0 Å². The highest BCUT2D eigenvalue weighted by Gasteiger charge is 2.87. The molecule has 2 atom stereocenters. The van der Waals surface area contributed by atoms with Gasteiger partial charge in [0, 0.05) is 11.1 Å². The third-order valence-corrected chi connectivity index (χ3v) is 4.83. The lowest BCUT2D eigenvalue weighted by Crippen LogP contribution is -2.70. The molecule has 0 aromatic heterocycles. The van der Waals surface area contributed by atoms with Crippen LogP contribution >= 0.6 is 0 Å². The molecule has 1 aliphatic rings. The number of hydrogen-bond donors (Lipinski definition) is 1. The maximum absolute atomic E-state index is 15.3. The van der Waals surface area contributed by atoms with Crippen LogP contribution in [0.5, 0.6) is 0 Å². The van der Waals surface area contributed by atoms with Crippen LogP contribution in [0.15, 0.2) is 0 Å². The van der Waals surface area contributed by atoms with Gasteiger partial charge in [-0.3, -0.25) is 0 Å². The highest BCUT2D eigenvalue weighted by atomic mass is 19.4. The zero-order chi connectivity index (χ0) is 24.9. The summed E-state index contributed by atoms with van der Waals surface area (Å²) >= 11 is 0. The largest absolute Gasteiger partial charge is 0.457 e. The summed E-state index contributed by atoms with van der Waals surface area (Å²) < 4.78 is 205. The molecule has 0 aliphatic heterocycles.